The maximum absolute atomic E-state index is 11.6. The van der Waals surface area contributed by atoms with Crippen molar-refractivity contribution in [2.24, 2.45) is 0 Å². The van der Waals surface area contributed by atoms with Crippen LogP contribution in [0.2, 0.25) is 0 Å². The fourth-order valence-electron chi connectivity index (χ4n) is 2.80. The summed E-state index contributed by atoms with van der Waals surface area (Å²) in [6, 6.07) is 5.82. The quantitative estimate of drug-likeness (QED) is 0.885. The minimum atomic E-state index is -0.742. The molecule has 0 unspecified atom stereocenters. The van der Waals surface area contributed by atoms with E-state index in [1.54, 1.807) is 7.11 Å². The summed E-state index contributed by atoms with van der Waals surface area (Å²) in [4.78, 5) is 13.7. The van der Waals surface area contributed by atoms with Crippen molar-refractivity contribution in [2.75, 3.05) is 21.2 Å². The molecule has 2 rings (SSSR count). The van der Waals surface area contributed by atoms with Crippen LogP contribution in [0.1, 0.15) is 30.4 Å². The van der Waals surface area contributed by atoms with E-state index in [0.29, 0.717) is 12.8 Å². The van der Waals surface area contributed by atoms with E-state index < -0.39 is 11.4 Å². The molecule has 4 nitrogen and oxygen atoms in total. The van der Waals surface area contributed by atoms with Gasteiger partial charge in [-0.25, -0.2) is 0 Å². The third-order valence-corrected chi connectivity index (χ3v) is 3.92. The molecule has 1 saturated carbocycles. The van der Waals surface area contributed by atoms with Crippen LogP contribution in [-0.4, -0.2) is 37.2 Å². The van der Waals surface area contributed by atoms with Gasteiger partial charge in [0.1, 0.15) is 5.75 Å². The molecular formula is C15H21NO3. The SMILES string of the molecule is COc1c(CN(C)C)cccc1C1(C(=O)O)CCC1. The van der Waals surface area contributed by atoms with Crippen LogP contribution in [-0.2, 0) is 16.8 Å². The molecule has 0 amide bonds. The van der Waals surface area contributed by atoms with Gasteiger partial charge in [-0.15, -0.1) is 0 Å². The number of carboxylic acid groups (broad SMARTS) is 1. The number of ether oxygens (including phenoxy) is 1. The summed E-state index contributed by atoms with van der Waals surface area (Å²) in [7, 11) is 5.59. The van der Waals surface area contributed by atoms with Gasteiger partial charge in [-0.05, 0) is 26.9 Å². The summed E-state index contributed by atoms with van der Waals surface area (Å²) in [6.45, 7) is 0.743. The monoisotopic (exact) mass is 263 g/mol. The van der Waals surface area contributed by atoms with Gasteiger partial charge in [-0.1, -0.05) is 24.6 Å². The highest BCUT2D eigenvalue weighted by atomic mass is 16.5. The summed E-state index contributed by atoms with van der Waals surface area (Å²) >= 11 is 0. The van der Waals surface area contributed by atoms with Gasteiger partial charge in [-0.2, -0.15) is 0 Å². The van der Waals surface area contributed by atoms with E-state index in [0.717, 1.165) is 29.8 Å². The number of carbonyl (C=O) groups is 1. The maximum atomic E-state index is 11.6. The molecule has 1 N–H and O–H groups in total. The van der Waals surface area contributed by atoms with Crippen molar-refractivity contribution < 1.29 is 14.6 Å². The number of benzene rings is 1. The minimum absolute atomic E-state index is 0.699. The van der Waals surface area contributed by atoms with Crippen LogP contribution < -0.4 is 4.74 Å². The van der Waals surface area contributed by atoms with E-state index in [9.17, 15) is 9.90 Å². The number of rotatable bonds is 5. The number of carboxylic acids is 1. The molecule has 1 aromatic rings. The highest BCUT2D eigenvalue weighted by molar-refractivity contribution is 5.84. The second kappa shape index (κ2) is 5.21. The molecule has 0 saturated heterocycles. The van der Waals surface area contributed by atoms with Crippen LogP contribution in [0.3, 0.4) is 0 Å². The summed E-state index contributed by atoms with van der Waals surface area (Å²) in [5.41, 5.74) is 1.12. The van der Waals surface area contributed by atoms with Crippen LogP contribution >= 0.6 is 0 Å². The molecule has 0 heterocycles. The van der Waals surface area contributed by atoms with Crippen LogP contribution in [0.5, 0.6) is 5.75 Å². The fourth-order valence-corrected chi connectivity index (χ4v) is 2.80. The Morgan fingerprint density at radius 3 is 2.53 bits per heavy atom. The lowest BCUT2D eigenvalue weighted by Crippen LogP contribution is -2.42. The third kappa shape index (κ3) is 2.32. The average molecular weight is 263 g/mol. The van der Waals surface area contributed by atoms with Gasteiger partial charge in [0, 0.05) is 17.7 Å². The van der Waals surface area contributed by atoms with E-state index in [1.807, 2.05) is 32.3 Å². The molecule has 1 aliphatic carbocycles. The third-order valence-electron chi connectivity index (χ3n) is 3.92. The first-order chi connectivity index (χ1) is 9.01. The second-order valence-electron chi connectivity index (χ2n) is 5.48. The summed E-state index contributed by atoms with van der Waals surface area (Å²) < 4.78 is 5.52. The first kappa shape index (κ1) is 13.9. The Labute approximate surface area is 114 Å². The summed E-state index contributed by atoms with van der Waals surface area (Å²) in [5, 5.41) is 9.56. The number of hydrogen-bond acceptors (Lipinski definition) is 3. The first-order valence-corrected chi connectivity index (χ1v) is 6.56. The van der Waals surface area contributed by atoms with Gasteiger partial charge in [-0.3, -0.25) is 4.79 Å². The lowest BCUT2D eigenvalue weighted by atomic mass is 9.64. The maximum Gasteiger partial charge on any atom is 0.314 e. The largest absolute Gasteiger partial charge is 0.496 e. The highest BCUT2D eigenvalue weighted by Gasteiger charge is 2.47. The van der Waals surface area contributed by atoms with E-state index in [2.05, 4.69) is 4.90 Å². The van der Waals surface area contributed by atoms with Crippen molar-refractivity contribution in [3.63, 3.8) is 0 Å². The molecule has 0 radical (unpaired) electrons. The minimum Gasteiger partial charge on any atom is -0.496 e. The average Bonchev–Trinajstić information content (AvgIpc) is 2.26. The Morgan fingerprint density at radius 2 is 2.11 bits per heavy atom. The van der Waals surface area contributed by atoms with Crippen molar-refractivity contribution in [3.05, 3.63) is 29.3 Å². The van der Waals surface area contributed by atoms with E-state index in [-0.39, 0.29) is 0 Å². The highest BCUT2D eigenvalue weighted by Crippen LogP contribution is 2.48. The van der Waals surface area contributed by atoms with Crippen molar-refractivity contribution in [1.29, 1.82) is 0 Å². The molecular weight excluding hydrogens is 242 g/mol. The molecule has 1 aromatic carbocycles. The standard InChI is InChI=1S/C15H21NO3/c1-16(2)10-11-6-4-7-12(13(11)19-3)15(14(17)18)8-5-9-15/h4,6-7H,5,8-10H2,1-3H3,(H,17,18). The van der Waals surface area contributed by atoms with Crippen molar-refractivity contribution in [3.8, 4) is 5.75 Å². The summed E-state index contributed by atoms with van der Waals surface area (Å²) in [6.07, 6.45) is 2.36. The predicted molar refractivity (Wildman–Crippen MR) is 73.5 cm³/mol. The van der Waals surface area contributed by atoms with Gasteiger partial charge in [0.2, 0.25) is 0 Å². The van der Waals surface area contributed by atoms with Gasteiger partial charge in [0.15, 0.2) is 0 Å². The lowest BCUT2D eigenvalue weighted by molar-refractivity contribution is -0.147. The Balaban J connectivity index is 2.48. The van der Waals surface area contributed by atoms with Crippen LogP contribution in [0, 0.1) is 0 Å². The summed E-state index contributed by atoms with van der Waals surface area (Å²) in [5.74, 6) is -0.00245. The zero-order chi connectivity index (χ0) is 14.0. The molecule has 0 aliphatic heterocycles. The second-order valence-corrected chi connectivity index (χ2v) is 5.48. The molecule has 0 bridgehead atoms. The molecule has 1 aliphatic rings. The smallest absolute Gasteiger partial charge is 0.314 e. The first-order valence-electron chi connectivity index (χ1n) is 6.56. The number of hydrogen-bond donors (Lipinski definition) is 1. The van der Waals surface area contributed by atoms with Gasteiger partial charge < -0.3 is 14.7 Å². The Bertz CT molecular complexity index is 478. The molecule has 0 aromatic heterocycles. The van der Waals surface area contributed by atoms with E-state index in [4.69, 9.17) is 4.74 Å². The molecule has 0 atom stereocenters. The van der Waals surface area contributed by atoms with Crippen LogP contribution in [0.25, 0.3) is 0 Å². The topological polar surface area (TPSA) is 49.8 Å². The van der Waals surface area contributed by atoms with Crippen molar-refractivity contribution >= 4 is 5.97 Å². The van der Waals surface area contributed by atoms with Crippen LogP contribution in [0.4, 0.5) is 0 Å². The zero-order valence-electron chi connectivity index (χ0n) is 11.8. The lowest BCUT2D eigenvalue weighted by Gasteiger charge is -2.39. The number of methoxy groups -OCH3 is 1. The van der Waals surface area contributed by atoms with Gasteiger partial charge >= 0.3 is 5.97 Å². The molecule has 0 spiro atoms. The zero-order valence-corrected chi connectivity index (χ0v) is 11.8. The molecule has 19 heavy (non-hydrogen) atoms. The van der Waals surface area contributed by atoms with Crippen LogP contribution in [0.15, 0.2) is 18.2 Å². The van der Waals surface area contributed by atoms with Gasteiger partial charge in [0.25, 0.3) is 0 Å². The number of aliphatic carboxylic acids is 1. The fraction of sp³-hybridized carbons (Fsp3) is 0.533. The molecule has 104 valence electrons. The van der Waals surface area contributed by atoms with Gasteiger partial charge in [0.05, 0.1) is 12.5 Å². The Morgan fingerprint density at radius 1 is 1.42 bits per heavy atom. The van der Waals surface area contributed by atoms with Crippen molar-refractivity contribution in [2.45, 2.75) is 31.2 Å². The Kier molecular flexibility index (Phi) is 3.80. The molecule has 4 heteroatoms. The molecule has 1 fully saturated rings. The Hall–Kier alpha value is -1.55. The number of nitrogens with zero attached hydrogens (tertiary/aromatic N) is 1. The normalized spacial score (nSPS) is 17.1. The van der Waals surface area contributed by atoms with Crippen molar-refractivity contribution in [1.82, 2.24) is 4.90 Å². The van der Waals surface area contributed by atoms with E-state index >= 15 is 0 Å². The number of para-hydroxylation sites is 1. The predicted octanol–water partition coefficient (Wildman–Crippen LogP) is 2.26. The van der Waals surface area contributed by atoms with E-state index in [1.165, 1.54) is 0 Å².